The molecule has 4 nitrogen and oxygen atoms in total. The van der Waals surface area contributed by atoms with Gasteiger partial charge in [0.1, 0.15) is 6.04 Å². The van der Waals surface area contributed by atoms with E-state index in [2.05, 4.69) is 0 Å². The molecule has 0 saturated carbocycles. The molecule has 0 fully saturated rings. The lowest BCUT2D eigenvalue weighted by Gasteiger charge is -2.27. The van der Waals surface area contributed by atoms with E-state index in [0.29, 0.717) is 13.0 Å². The Kier molecular flexibility index (Phi) is 8.33. The number of aliphatic hydroxyl groups excluding tert-OH is 1. The van der Waals surface area contributed by atoms with Crippen LogP contribution in [0.4, 0.5) is 0 Å². The summed E-state index contributed by atoms with van der Waals surface area (Å²) in [6.45, 7) is 7.93. The molecule has 1 N–H and O–H groups in total. The quantitative estimate of drug-likeness (QED) is 0.617. The lowest BCUT2D eigenvalue weighted by molar-refractivity contribution is -0.149. The van der Waals surface area contributed by atoms with E-state index in [0.717, 1.165) is 19.5 Å². The summed E-state index contributed by atoms with van der Waals surface area (Å²) in [6.07, 6.45) is 1.45. The Bertz CT molecular complexity index is 173. The van der Waals surface area contributed by atoms with E-state index in [1.807, 2.05) is 25.7 Å². The van der Waals surface area contributed by atoms with Gasteiger partial charge in [0.05, 0.1) is 6.61 Å². The van der Waals surface area contributed by atoms with Crippen LogP contribution in [0.3, 0.4) is 0 Å². The zero-order chi connectivity index (χ0) is 11.7. The number of hydrogen-bond acceptors (Lipinski definition) is 4. The van der Waals surface area contributed by atoms with Crippen LogP contribution in [0, 0.1) is 0 Å². The van der Waals surface area contributed by atoms with E-state index in [-0.39, 0.29) is 18.6 Å². The molecule has 0 radical (unpaired) electrons. The summed E-state index contributed by atoms with van der Waals surface area (Å²) in [5.74, 6) is -0.153. The van der Waals surface area contributed by atoms with Gasteiger partial charge in [0, 0.05) is 13.2 Å². The van der Waals surface area contributed by atoms with Crippen LogP contribution < -0.4 is 0 Å². The van der Waals surface area contributed by atoms with Gasteiger partial charge in [-0.3, -0.25) is 9.69 Å². The summed E-state index contributed by atoms with van der Waals surface area (Å²) in [6, 6.07) is -0.165. The Hall–Kier alpha value is -0.610. The third kappa shape index (κ3) is 5.14. The van der Waals surface area contributed by atoms with Gasteiger partial charge in [0.2, 0.25) is 0 Å². The van der Waals surface area contributed by atoms with Crippen LogP contribution >= 0.6 is 0 Å². The van der Waals surface area contributed by atoms with E-state index in [9.17, 15) is 4.79 Å². The van der Waals surface area contributed by atoms with Gasteiger partial charge in [-0.2, -0.15) is 0 Å². The molecule has 0 amide bonds. The summed E-state index contributed by atoms with van der Waals surface area (Å²) >= 11 is 0. The maximum atomic E-state index is 11.6. The second kappa shape index (κ2) is 8.68. The molecule has 90 valence electrons. The third-order valence-electron chi connectivity index (χ3n) is 2.40. The summed E-state index contributed by atoms with van der Waals surface area (Å²) in [7, 11) is 0. The normalized spacial score (nSPS) is 12.9. The Balaban J connectivity index is 4.25. The van der Waals surface area contributed by atoms with Gasteiger partial charge in [-0.05, 0) is 26.3 Å². The van der Waals surface area contributed by atoms with Crippen molar-refractivity contribution in [1.29, 1.82) is 0 Å². The van der Waals surface area contributed by atoms with Crippen LogP contribution in [0.2, 0.25) is 0 Å². The number of rotatable bonds is 8. The third-order valence-corrected chi connectivity index (χ3v) is 2.40. The van der Waals surface area contributed by atoms with Crippen molar-refractivity contribution in [2.24, 2.45) is 0 Å². The predicted octanol–water partition coefficient (Wildman–Crippen LogP) is 1.03. The average Bonchev–Trinajstić information content (AvgIpc) is 2.24. The first-order valence-electron chi connectivity index (χ1n) is 5.72. The molecule has 1 atom stereocenters. The molecule has 1 unspecified atom stereocenters. The second-order valence-corrected chi connectivity index (χ2v) is 3.38. The number of nitrogens with zero attached hydrogens (tertiary/aromatic N) is 1. The minimum Gasteiger partial charge on any atom is -0.465 e. The number of carbonyl (C=O) groups is 1. The molecule has 0 aliphatic rings. The first-order valence-corrected chi connectivity index (χ1v) is 5.72. The number of carbonyl (C=O) groups excluding carboxylic acids is 1. The first kappa shape index (κ1) is 14.4. The maximum absolute atomic E-state index is 11.6. The monoisotopic (exact) mass is 217 g/mol. The highest BCUT2D eigenvalue weighted by atomic mass is 16.5. The van der Waals surface area contributed by atoms with Crippen molar-refractivity contribution >= 4 is 5.97 Å². The minimum absolute atomic E-state index is 0.153. The SMILES string of the molecule is CCOC(=O)C(CC)N(CC)CCCO. The van der Waals surface area contributed by atoms with Crippen molar-refractivity contribution in [2.75, 3.05) is 26.3 Å². The standard InChI is InChI=1S/C11H23NO3/c1-4-10(11(14)15-6-3)12(5-2)8-7-9-13/h10,13H,4-9H2,1-3H3. The van der Waals surface area contributed by atoms with Gasteiger partial charge in [0.25, 0.3) is 0 Å². The molecule has 0 saturated heterocycles. The maximum Gasteiger partial charge on any atom is 0.323 e. The van der Waals surface area contributed by atoms with E-state index < -0.39 is 0 Å². The Morgan fingerprint density at radius 2 is 2.07 bits per heavy atom. The lowest BCUT2D eigenvalue weighted by Crippen LogP contribution is -2.42. The zero-order valence-electron chi connectivity index (χ0n) is 10.0. The van der Waals surface area contributed by atoms with Crippen molar-refractivity contribution in [2.45, 2.75) is 39.7 Å². The lowest BCUT2D eigenvalue weighted by atomic mass is 10.2. The highest BCUT2D eigenvalue weighted by Crippen LogP contribution is 2.07. The van der Waals surface area contributed by atoms with E-state index >= 15 is 0 Å². The minimum atomic E-state index is -0.165. The molecule has 0 aliphatic heterocycles. The molecule has 15 heavy (non-hydrogen) atoms. The van der Waals surface area contributed by atoms with E-state index in [1.54, 1.807) is 0 Å². The Morgan fingerprint density at radius 1 is 1.40 bits per heavy atom. The molecular formula is C11H23NO3. The van der Waals surface area contributed by atoms with Crippen molar-refractivity contribution in [1.82, 2.24) is 4.90 Å². The van der Waals surface area contributed by atoms with Gasteiger partial charge < -0.3 is 9.84 Å². The van der Waals surface area contributed by atoms with Gasteiger partial charge in [-0.15, -0.1) is 0 Å². The summed E-state index contributed by atoms with van der Waals surface area (Å²) in [5.41, 5.74) is 0. The van der Waals surface area contributed by atoms with Crippen molar-refractivity contribution in [3.8, 4) is 0 Å². The molecule has 0 heterocycles. The van der Waals surface area contributed by atoms with Crippen LogP contribution in [-0.2, 0) is 9.53 Å². The van der Waals surface area contributed by atoms with Crippen LogP contribution in [-0.4, -0.2) is 48.3 Å². The van der Waals surface area contributed by atoms with E-state index in [1.165, 1.54) is 0 Å². The Labute approximate surface area is 92.2 Å². The van der Waals surface area contributed by atoms with Crippen molar-refractivity contribution in [3.05, 3.63) is 0 Å². The molecule has 0 bridgehead atoms. The van der Waals surface area contributed by atoms with Crippen LogP contribution in [0.5, 0.6) is 0 Å². The van der Waals surface area contributed by atoms with Crippen molar-refractivity contribution in [3.63, 3.8) is 0 Å². The Morgan fingerprint density at radius 3 is 2.47 bits per heavy atom. The molecule has 0 aromatic rings. The molecule has 0 rings (SSSR count). The molecule has 4 heteroatoms. The summed E-state index contributed by atoms with van der Waals surface area (Å²) in [5, 5.41) is 8.76. The number of ether oxygens (including phenoxy) is 1. The summed E-state index contributed by atoms with van der Waals surface area (Å²) in [4.78, 5) is 13.7. The van der Waals surface area contributed by atoms with Crippen LogP contribution in [0.1, 0.15) is 33.6 Å². The number of aliphatic hydroxyl groups is 1. The van der Waals surface area contributed by atoms with Gasteiger partial charge >= 0.3 is 5.97 Å². The molecule has 0 aromatic heterocycles. The number of hydrogen-bond donors (Lipinski definition) is 1. The fourth-order valence-electron chi connectivity index (χ4n) is 1.62. The van der Waals surface area contributed by atoms with Gasteiger partial charge in [-0.25, -0.2) is 0 Å². The topological polar surface area (TPSA) is 49.8 Å². The smallest absolute Gasteiger partial charge is 0.323 e. The van der Waals surface area contributed by atoms with E-state index in [4.69, 9.17) is 9.84 Å². The van der Waals surface area contributed by atoms with Crippen molar-refractivity contribution < 1.29 is 14.6 Å². The average molecular weight is 217 g/mol. The number of esters is 1. The molecule has 0 aliphatic carbocycles. The number of likely N-dealkylation sites (N-methyl/N-ethyl adjacent to an activating group) is 1. The predicted molar refractivity (Wildman–Crippen MR) is 59.7 cm³/mol. The highest BCUT2D eigenvalue weighted by Gasteiger charge is 2.23. The second-order valence-electron chi connectivity index (χ2n) is 3.38. The highest BCUT2D eigenvalue weighted by molar-refractivity contribution is 5.75. The fraction of sp³-hybridized carbons (Fsp3) is 0.909. The van der Waals surface area contributed by atoms with Gasteiger partial charge in [-0.1, -0.05) is 13.8 Å². The largest absolute Gasteiger partial charge is 0.465 e. The van der Waals surface area contributed by atoms with Crippen LogP contribution in [0.15, 0.2) is 0 Å². The molecule has 0 aromatic carbocycles. The first-order chi connectivity index (χ1) is 7.21. The molecular weight excluding hydrogens is 194 g/mol. The summed E-state index contributed by atoms with van der Waals surface area (Å²) < 4.78 is 5.01. The zero-order valence-corrected chi connectivity index (χ0v) is 10.0. The molecule has 0 spiro atoms. The fourth-order valence-corrected chi connectivity index (χ4v) is 1.62. The van der Waals surface area contributed by atoms with Crippen LogP contribution in [0.25, 0.3) is 0 Å². The van der Waals surface area contributed by atoms with Gasteiger partial charge in [0.15, 0.2) is 0 Å².